The zero-order valence-electron chi connectivity index (χ0n) is 10.2. The maximum Gasteiger partial charge on any atom is 0.315 e. The number of carbonyl (C=O) groups excluding carboxylic acids is 1. The molecular weight excluding hydrogens is 258 g/mol. The summed E-state index contributed by atoms with van der Waals surface area (Å²) in [6.07, 6.45) is -0.591. The maximum absolute atomic E-state index is 11.9. The molecule has 3 nitrogen and oxygen atoms in total. The van der Waals surface area contributed by atoms with Gasteiger partial charge in [0.2, 0.25) is 0 Å². The lowest BCUT2D eigenvalue weighted by atomic mass is 10.1. The minimum absolute atomic E-state index is 0.230. The first-order valence-electron chi connectivity index (χ1n) is 5.50. The molecule has 0 aromatic heterocycles. The highest BCUT2D eigenvalue weighted by Crippen LogP contribution is 2.25. The van der Waals surface area contributed by atoms with Gasteiger partial charge in [0.1, 0.15) is 0 Å². The zero-order valence-corrected chi connectivity index (χ0v) is 11.1. The van der Waals surface area contributed by atoms with Gasteiger partial charge in [-0.2, -0.15) is 0 Å². The Morgan fingerprint density at radius 1 is 1.39 bits per heavy atom. The second-order valence-corrected chi connectivity index (χ2v) is 4.56. The standard InChI is InChI=1S/C12H16F2N2OS/c1-8(16-12(17)15-7-11(13)14)9-5-3-4-6-10(9)18-2/h3-6,8,11H,7H2,1-2H3,(H2,15,16,17)/t8-/m1/s1. The first-order chi connectivity index (χ1) is 8.54. The number of carbonyl (C=O) groups is 1. The van der Waals surface area contributed by atoms with Crippen LogP contribution in [0.25, 0.3) is 0 Å². The normalized spacial score (nSPS) is 12.3. The van der Waals surface area contributed by atoms with Gasteiger partial charge in [0.25, 0.3) is 6.43 Å². The SMILES string of the molecule is CSc1ccccc1[C@@H](C)NC(=O)NCC(F)F. The average molecular weight is 274 g/mol. The summed E-state index contributed by atoms with van der Waals surface area (Å²) >= 11 is 1.58. The molecule has 0 aliphatic heterocycles. The third-order valence-corrected chi connectivity index (χ3v) is 3.18. The van der Waals surface area contributed by atoms with Crippen molar-refractivity contribution in [2.45, 2.75) is 24.3 Å². The molecule has 0 aliphatic rings. The van der Waals surface area contributed by atoms with E-state index >= 15 is 0 Å². The third-order valence-electron chi connectivity index (χ3n) is 2.37. The zero-order chi connectivity index (χ0) is 13.5. The van der Waals surface area contributed by atoms with Crippen LogP contribution in [0.15, 0.2) is 29.2 Å². The Morgan fingerprint density at radius 2 is 2.06 bits per heavy atom. The second-order valence-electron chi connectivity index (χ2n) is 3.71. The topological polar surface area (TPSA) is 41.1 Å². The summed E-state index contributed by atoms with van der Waals surface area (Å²) < 4.78 is 23.9. The fraction of sp³-hybridized carbons (Fsp3) is 0.417. The van der Waals surface area contributed by atoms with Crippen LogP contribution in [0.4, 0.5) is 13.6 Å². The molecule has 100 valence electrons. The van der Waals surface area contributed by atoms with E-state index in [9.17, 15) is 13.6 Å². The Morgan fingerprint density at radius 3 is 2.67 bits per heavy atom. The minimum atomic E-state index is -2.54. The number of benzene rings is 1. The first-order valence-corrected chi connectivity index (χ1v) is 6.72. The third kappa shape index (κ3) is 4.52. The fourth-order valence-electron chi connectivity index (χ4n) is 1.52. The molecule has 1 aromatic carbocycles. The van der Waals surface area contributed by atoms with E-state index in [0.717, 1.165) is 10.5 Å². The average Bonchev–Trinajstić information content (AvgIpc) is 2.36. The molecule has 0 saturated heterocycles. The van der Waals surface area contributed by atoms with Crippen molar-refractivity contribution in [1.29, 1.82) is 0 Å². The molecule has 0 saturated carbocycles. The smallest absolute Gasteiger partial charge is 0.315 e. The summed E-state index contributed by atoms with van der Waals surface area (Å²) in [5, 5.41) is 4.74. The summed E-state index contributed by atoms with van der Waals surface area (Å²) in [5.74, 6) is 0. The van der Waals surface area contributed by atoms with E-state index in [1.807, 2.05) is 37.4 Å². The molecule has 0 aliphatic carbocycles. The molecule has 0 fully saturated rings. The van der Waals surface area contributed by atoms with E-state index in [1.54, 1.807) is 11.8 Å². The summed E-state index contributed by atoms with van der Waals surface area (Å²) in [5.41, 5.74) is 0.970. The maximum atomic E-state index is 11.9. The molecule has 1 aromatic rings. The van der Waals surface area contributed by atoms with Gasteiger partial charge in [-0.3, -0.25) is 0 Å². The van der Waals surface area contributed by atoms with Crippen molar-refractivity contribution in [3.63, 3.8) is 0 Å². The molecule has 0 unspecified atom stereocenters. The van der Waals surface area contributed by atoms with E-state index < -0.39 is 19.0 Å². The number of nitrogens with one attached hydrogen (secondary N) is 2. The van der Waals surface area contributed by atoms with Gasteiger partial charge in [-0.1, -0.05) is 18.2 Å². The molecule has 0 radical (unpaired) electrons. The predicted octanol–water partition coefficient (Wildman–Crippen LogP) is 3.03. The lowest BCUT2D eigenvalue weighted by Crippen LogP contribution is -2.39. The van der Waals surface area contributed by atoms with Gasteiger partial charge >= 0.3 is 6.03 Å². The van der Waals surface area contributed by atoms with Gasteiger partial charge < -0.3 is 10.6 Å². The first kappa shape index (κ1) is 14.8. The quantitative estimate of drug-likeness (QED) is 0.810. The predicted molar refractivity (Wildman–Crippen MR) is 69.2 cm³/mol. The van der Waals surface area contributed by atoms with Crippen LogP contribution in [0, 0.1) is 0 Å². The van der Waals surface area contributed by atoms with Crippen molar-refractivity contribution in [3.05, 3.63) is 29.8 Å². The van der Waals surface area contributed by atoms with E-state index in [0.29, 0.717) is 0 Å². The van der Waals surface area contributed by atoms with Crippen LogP contribution in [-0.2, 0) is 0 Å². The van der Waals surface area contributed by atoms with Gasteiger partial charge in [-0.05, 0) is 24.8 Å². The number of amides is 2. The van der Waals surface area contributed by atoms with E-state index in [4.69, 9.17) is 0 Å². The number of hydrogen-bond donors (Lipinski definition) is 2. The Bertz CT molecular complexity index is 401. The highest BCUT2D eigenvalue weighted by molar-refractivity contribution is 7.98. The summed E-state index contributed by atoms with van der Waals surface area (Å²) in [7, 11) is 0. The number of hydrogen-bond acceptors (Lipinski definition) is 2. The number of urea groups is 1. The van der Waals surface area contributed by atoms with Crippen molar-refractivity contribution >= 4 is 17.8 Å². The Labute approximate surface area is 109 Å². The molecule has 0 heterocycles. The molecular formula is C12H16F2N2OS. The Balaban J connectivity index is 2.59. The van der Waals surface area contributed by atoms with Crippen LogP contribution < -0.4 is 10.6 Å². The number of rotatable bonds is 5. The van der Waals surface area contributed by atoms with Crippen LogP contribution in [0.3, 0.4) is 0 Å². The van der Waals surface area contributed by atoms with E-state index in [1.165, 1.54) is 0 Å². The number of thioether (sulfide) groups is 1. The monoisotopic (exact) mass is 274 g/mol. The highest BCUT2D eigenvalue weighted by Gasteiger charge is 2.13. The van der Waals surface area contributed by atoms with Crippen LogP contribution in [0.2, 0.25) is 0 Å². The van der Waals surface area contributed by atoms with Gasteiger partial charge in [-0.25, -0.2) is 13.6 Å². The lowest BCUT2D eigenvalue weighted by Gasteiger charge is -2.17. The molecule has 18 heavy (non-hydrogen) atoms. The van der Waals surface area contributed by atoms with Crippen LogP contribution in [0.5, 0.6) is 0 Å². The van der Waals surface area contributed by atoms with Crippen LogP contribution in [-0.4, -0.2) is 25.3 Å². The number of halogens is 2. The molecule has 1 atom stereocenters. The van der Waals surface area contributed by atoms with E-state index in [-0.39, 0.29) is 6.04 Å². The van der Waals surface area contributed by atoms with Gasteiger partial charge in [0.15, 0.2) is 0 Å². The lowest BCUT2D eigenvalue weighted by molar-refractivity contribution is 0.146. The Kier molecular flexibility index (Phi) is 5.91. The minimum Gasteiger partial charge on any atom is -0.332 e. The van der Waals surface area contributed by atoms with E-state index in [2.05, 4.69) is 10.6 Å². The van der Waals surface area contributed by atoms with Crippen molar-refractivity contribution < 1.29 is 13.6 Å². The van der Waals surface area contributed by atoms with Crippen LogP contribution in [0.1, 0.15) is 18.5 Å². The molecule has 0 spiro atoms. The fourth-order valence-corrected chi connectivity index (χ4v) is 2.21. The Hall–Kier alpha value is -1.30. The van der Waals surface area contributed by atoms with Crippen molar-refractivity contribution in [3.8, 4) is 0 Å². The molecule has 6 heteroatoms. The molecule has 1 rings (SSSR count). The van der Waals surface area contributed by atoms with Gasteiger partial charge in [0, 0.05) is 4.90 Å². The number of alkyl halides is 2. The van der Waals surface area contributed by atoms with Gasteiger partial charge in [0.05, 0.1) is 12.6 Å². The molecule has 2 N–H and O–H groups in total. The van der Waals surface area contributed by atoms with Crippen LogP contribution >= 0.6 is 11.8 Å². The molecule has 2 amide bonds. The molecule has 0 bridgehead atoms. The summed E-state index contributed by atoms with van der Waals surface area (Å²) in [6, 6.07) is 6.84. The summed E-state index contributed by atoms with van der Waals surface area (Å²) in [4.78, 5) is 12.4. The summed E-state index contributed by atoms with van der Waals surface area (Å²) in [6.45, 7) is 1.18. The van der Waals surface area contributed by atoms with Crippen molar-refractivity contribution in [2.24, 2.45) is 0 Å². The highest BCUT2D eigenvalue weighted by atomic mass is 32.2. The van der Waals surface area contributed by atoms with Gasteiger partial charge in [-0.15, -0.1) is 11.8 Å². The second kappa shape index (κ2) is 7.20. The largest absolute Gasteiger partial charge is 0.332 e. The van der Waals surface area contributed by atoms with Crippen molar-refractivity contribution in [1.82, 2.24) is 10.6 Å². The van der Waals surface area contributed by atoms with Crippen molar-refractivity contribution in [2.75, 3.05) is 12.8 Å².